The Morgan fingerprint density at radius 1 is 1.23 bits per heavy atom. The van der Waals surface area contributed by atoms with Gasteiger partial charge in [-0.3, -0.25) is 14.7 Å². The molecule has 1 saturated heterocycles. The Bertz CT molecular complexity index is 715. The van der Waals surface area contributed by atoms with Crippen molar-refractivity contribution in [1.29, 1.82) is 0 Å². The average Bonchev–Trinajstić information content (AvgIpc) is 3.09. The van der Waals surface area contributed by atoms with Gasteiger partial charge in [0.25, 0.3) is 0 Å². The number of aryl methyl sites for hydroxylation is 1. The molecule has 0 aliphatic carbocycles. The number of carbonyl (C=O) groups is 1. The van der Waals surface area contributed by atoms with E-state index in [4.69, 9.17) is 0 Å². The van der Waals surface area contributed by atoms with Gasteiger partial charge in [0.1, 0.15) is 5.01 Å². The summed E-state index contributed by atoms with van der Waals surface area (Å²) in [4.78, 5) is 25.8. The summed E-state index contributed by atoms with van der Waals surface area (Å²) in [7, 11) is 0. The molecule has 0 atom stereocenters. The fourth-order valence-electron chi connectivity index (χ4n) is 3.26. The second-order valence-corrected chi connectivity index (χ2v) is 8.96. The molecule has 6 heteroatoms. The first-order chi connectivity index (χ1) is 12.4. The third-order valence-corrected chi connectivity index (χ3v) is 5.42. The number of hydrogen-bond donors (Lipinski definition) is 0. The van der Waals surface area contributed by atoms with E-state index in [1.54, 1.807) is 17.5 Å². The molecule has 5 nitrogen and oxygen atoms in total. The highest BCUT2D eigenvalue weighted by molar-refractivity contribution is 7.13. The standard InChI is InChI=1S/C20H28N4OS/c1-20(2,3)15-23-9-11-24(12-10-23)18(25)7-6-17-14-26-19(22-17)16-5-4-8-21-13-16/h4-5,8,13-14H,6-7,9-12,15H2,1-3H3. The third kappa shape index (κ3) is 5.35. The lowest BCUT2D eigenvalue weighted by molar-refractivity contribution is -0.133. The van der Waals surface area contributed by atoms with E-state index < -0.39 is 0 Å². The molecule has 3 heterocycles. The van der Waals surface area contributed by atoms with Crippen molar-refractivity contribution in [3.05, 3.63) is 35.6 Å². The topological polar surface area (TPSA) is 49.3 Å². The summed E-state index contributed by atoms with van der Waals surface area (Å²) in [6.07, 6.45) is 4.83. The van der Waals surface area contributed by atoms with Crippen LogP contribution in [0.2, 0.25) is 0 Å². The minimum absolute atomic E-state index is 0.247. The predicted molar refractivity (Wildman–Crippen MR) is 106 cm³/mol. The van der Waals surface area contributed by atoms with Gasteiger partial charge in [-0.05, 0) is 24.0 Å². The number of rotatable bonds is 5. The molecule has 0 bridgehead atoms. The number of carbonyl (C=O) groups excluding carboxylic acids is 1. The minimum Gasteiger partial charge on any atom is -0.340 e. The number of aromatic nitrogens is 2. The summed E-state index contributed by atoms with van der Waals surface area (Å²) in [5.74, 6) is 0.247. The van der Waals surface area contributed by atoms with Crippen LogP contribution in [0.4, 0.5) is 0 Å². The summed E-state index contributed by atoms with van der Waals surface area (Å²) in [5, 5.41) is 3.02. The zero-order valence-corrected chi connectivity index (χ0v) is 16.8. The highest BCUT2D eigenvalue weighted by atomic mass is 32.1. The largest absolute Gasteiger partial charge is 0.340 e. The highest BCUT2D eigenvalue weighted by Gasteiger charge is 2.24. The van der Waals surface area contributed by atoms with Gasteiger partial charge in [0, 0.05) is 62.5 Å². The van der Waals surface area contributed by atoms with Crippen molar-refractivity contribution < 1.29 is 4.79 Å². The molecule has 0 N–H and O–H groups in total. The van der Waals surface area contributed by atoms with Gasteiger partial charge in [-0.1, -0.05) is 20.8 Å². The van der Waals surface area contributed by atoms with Crippen LogP contribution in [0.5, 0.6) is 0 Å². The van der Waals surface area contributed by atoms with E-state index in [9.17, 15) is 4.79 Å². The second kappa shape index (κ2) is 8.27. The van der Waals surface area contributed by atoms with Crippen molar-refractivity contribution in [2.45, 2.75) is 33.6 Å². The van der Waals surface area contributed by atoms with Crippen LogP contribution in [0.25, 0.3) is 10.6 Å². The smallest absolute Gasteiger partial charge is 0.223 e. The Kier molecular flexibility index (Phi) is 6.04. The van der Waals surface area contributed by atoms with Crippen LogP contribution in [0.1, 0.15) is 32.9 Å². The maximum Gasteiger partial charge on any atom is 0.223 e. The number of thiazole rings is 1. The van der Waals surface area contributed by atoms with Crippen LogP contribution in [-0.2, 0) is 11.2 Å². The Hall–Kier alpha value is -1.79. The lowest BCUT2D eigenvalue weighted by atomic mass is 9.96. The maximum atomic E-state index is 12.5. The van der Waals surface area contributed by atoms with Gasteiger partial charge < -0.3 is 4.90 Å². The number of amides is 1. The number of hydrogen-bond acceptors (Lipinski definition) is 5. The van der Waals surface area contributed by atoms with E-state index >= 15 is 0 Å². The van der Waals surface area contributed by atoms with Gasteiger partial charge in [0.2, 0.25) is 5.91 Å². The maximum absolute atomic E-state index is 12.5. The van der Waals surface area contributed by atoms with Gasteiger partial charge in [-0.15, -0.1) is 11.3 Å². The van der Waals surface area contributed by atoms with E-state index in [2.05, 4.69) is 41.0 Å². The molecule has 1 aliphatic heterocycles. The van der Waals surface area contributed by atoms with Crippen molar-refractivity contribution in [2.24, 2.45) is 5.41 Å². The predicted octanol–water partition coefficient (Wildman–Crippen LogP) is 3.33. The fraction of sp³-hybridized carbons (Fsp3) is 0.550. The summed E-state index contributed by atoms with van der Waals surface area (Å²) < 4.78 is 0. The molecule has 0 aromatic carbocycles. The molecule has 0 spiro atoms. The van der Waals surface area contributed by atoms with Crippen LogP contribution < -0.4 is 0 Å². The molecule has 1 amide bonds. The number of pyridine rings is 1. The van der Waals surface area contributed by atoms with Crippen molar-refractivity contribution in [3.63, 3.8) is 0 Å². The van der Waals surface area contributed by atoms with E-state index in [0.717, 1.165) is 49.0 Å². The summed E-state index contributed by atoms with van der Waals surface area (Å²) in [6, 6.07) is 3.93. The first-order valence-corrected chi connectivity index (χ1v) is 10.1. The van der Waals surface area contributed by atoms with Crippen LogP contribution in [0, 0.1) is 5.41 Å². The second-order valence-electron chi connectivity index (χ2n) is 8.10. The molecule has 0 radical (unpaired) electrons. The van der Waals surface area contributed by atoms with Crippen molar-refractivity contribution in [1.82, 2.24) is 19.8 Å². The number of nitrogens with zero attached hydrogens (tertiary/aromatic N) is 4. The quantitative estimate of drug-likeness (QED) is 0.808. The summed E-state index contributed by atoms with van der Waals surface area (Å²) in [5.41, 5.74) is 2.33. The molecule has 2 aromatic heterocycles. The molecule has 1 aliphatic rings. The highest BCUT2D eigenvalue weighted by Crippen LogP contribution is 2.23. The molecule has 1 fully saturated rings. The Morgan fingerprint density at radius 3 is 2.65 bits per heavy atom. The molecule has 140 valence electrons. The first kappa shape index (κ1) is 19.0. The van der Waals surface area contributed by atoms with Gasteiger partial charge in [-0.2, -0.15) is 0 Å². The van der Waals surface area contributed by atoms with E-state index in [-0.39, 0.29) is 5.91 Å². The summed E-state index contributed by atoms with van der Waals surface area (Å²) in [6.45, 7) is 11.5. The van der Waals surface area contributed by atoms with Gasteiger partial charge in [-0.25, -0.2) is 4.98 Å². The third-order valence-electron chi connectivity index (χ3n) is 4.48. The van der Waals surface area contributed by atoms with E-state index in [1.807, 2.05) is 23.2 Å². The fourth-order valence-corrected chi connectivity index (χ4v) is 4.11. The van der Waals surface area contributed by atoms with Gasteiger partial charge >= 0.3 is 0 Å². The molecular weight excluding hydrogens is 344 g/mol. The lowest BCUT2D eigenvalue weighted by Gasteiger charge is -2.37. The average molecular weight is 373 g/mol. The van der Waals surface area contributed by atoms with Gasteiger partial charge in [0.05, 0.1) is 5.69 Å². The zero-order chi connectivity index (χ0) is 18.6. The summed E-state index contributed by atoms with van der Waals surface area (Å²) >= 11 is 1.61. The molecule has 2 aromatic rings. The number of piperazine rings is 1. The van der Waals surface area contributed by atoms with Crippen molar-refractivity contribution in [2.75, 3.05) is 32.7 Å². The zero-order valence-electron chi connectivity index (χ0n) is 15.9. The van der Waals surface area contributed by atoms with Gasteiger partial charge in [0.15, 0.2) is 0 Å². The monoisotopic (exact) mass is 372 g/mol. The van der Waals surface area contributed by atoms with Crippen LogP contribution >= 0.6 is 11.3 Å². The Balaban J connectivity index is 1.46. The molecule has 3 rings (SSSR count). The van der Waals surface area contributed by atoms with Crippen molar-refractivity contribution in [3.8, 4) is 10.6 Å². The van der Waals surface area contributed by atoms with Crippen molar-refractivity contribution >= 4 is 17.2 Å². The van der Waals surface area contributed by atoms with Crippen LogP contribution in [-0.4, -0.2) is 58.4 Å². The van der Waals surface area contributed by atoms with E-state index in [1.165, 1.54) is 0 Å². The lowest BCUT2D eigenvalue weighted by Crippen LogP contribution is -2.50. The van der Waals surface area contributed by atoms with Crippen LogP contribution in [0.15, 0.2) is 29.9 Å². The Labute approximate surface area is 160 Å². The van der Waals surface area contributed by atoms with E-state index in [0.29, 0.717) is 18.3 Å². The first-order valence-electron chi connectivity index (χ1n) is 9.26. The molecule has 0 unspecified atom stereocenters. The molecule has 26 heavy (non-hydrogen) atoms. The van der Waals surface area contributed by atoms with Crippen LogP contribution in [0.3, 0.4) is 0 Å². The molecule has 0 saturated carbocycles. The normalized spacial score (nSPS) is 16.0. The minimum atomic E-state index is 0.247. The molecular formula is C20H28N4OS. The SMILES string of the molecule is CC(C)(C)CN1CCN(C(=O)CCc2csc(-c3cccnc3)n2)CC1. The Morgan fingerprint density at radius 2 is 2.00 bits per heavy atom.